The molecule has 0 saturated carbocycles. The number of nitrogens with zero attached hydrogens (tertiary/aromatic N) is 1. The second-order valence-electron chi connectivity index (χ2n) is 14.9. The summed E-state index contributed by atoms with van der Waals surface area (Å²) < 4.78 is 17.2. The molecule has 2 unspecified atom stereocenters. The summed E-state index contributed by atoms with van der Waals surface area (Å²) in [7, 11) is 5.51. The molecule has 8 heteroatoms. The summed E-state index contributed by atoms with van der Waals surface area (Å²) >= 11 is 0. The largest absolute Gasteiger partial charge is 0.477 e. The maximum atomic E-state index is 12.7. The zero-order chi connectivity index (χ0) is 38.5. The molecule has 0 spiro atoms. The highest BCUT2D eigenvalue weighted by molar-refractivity contribution is 5.72. The van der Waals surface area contributed by atoms with Gasteiger partial charge in [-0.2, -0.15) is 0 Å². The average molecular weight is 733 g/mol. The minimum atomic E-state index is -0.880. The molecule has 0 aromatic carbocycles. The van der Waals surface area contributed by atoms with Crippen molar-refractivity contribution >= 4 is 17.9 Å². The van der Waals surface area contributed by atoms with E-state index in [4.69, 9.17) is 14.2 Å². The highest BCUT2D eigenvalue weighted by Gasteiger charge is 2.31. The number of carbonyl (C=O) groups excluding carboxylic acids is 2. The Morgan fingerprint density at radius 1 is 0.596 bits per heavy atom. The fourth-order valence-corrected chi connectivity index (χ4v) is 5.75. The van der Waals surface area contributed by atoms with Gasteiger partial charge in [-0.25, -0.2) is 4.79 Å². The van der Waals surface area contributed by atoms with E-state index in [0.717, 1.165) is 83.5 Å². The molecule has 52 heavy (non-hydrogen) atoms. The van der Waals surface area contributed by atoms with Gasteiger partial charge in [-0.05, 0) is 70.6 Å². The molecule has 0 aromatic heterocycles. The van der Waals surface area contributed by atoms with Gasteiger partial charge in [0.2, 0.25) is 0 Å². The first-order valence-corrected chi connectivity index (χ1v) is 20.7. The summed E-state index contributed by atoms with van der Waals surface area (Å²) in [5, 5.41) is 9.60. The first-order valence-electron chi connectivity index (χ1n) is 20.7. The van der Waals surface area contributed by atoms with Crippen LogP contribution in [0.15, 0.2) is 48.6 Å². The van der Waals surface area contributed by atoms with Crippen LogP contribution in [0.2, 0.25) is 0 Å². The molecule has 300 valence electrons. The van der Waals surface area contributed by atoms with Crippen molar-refractivity contribution in [2.45, 2.75) is 174 Å². The third-order valence-electron chi connectivity index (χ3n) is 8.96. The fraction of sp³-hybridized carbons (Fsp3) is 0.750. The Balaban J connectivity index is 4.42. The van der Waals surface area contributed by atoms with Crippen LogP contribution in [0.3, 0.4) is 0 Å². The zero-order valence-corrected chi connectivity index (χ0v) is 34.0. The van der Waals surface area contributed by atoms with E-state index < -0.39 is 18.1 Å². The number of carboxylic acids is 1. The molecule has 1 N–H and O–H groups in total. The van der Waals surface area contributed by atoms with Crippen LogP contribution in [0.1, 0.15) is 162 Å². The molecule has 0 bridgehead atoms. The summed E-state index contributed by atoms with van der Waals surface area (Å²) in [6.07, 6.45) is 40.0. The second-order valence-corrected chi connectivity index (χ2v) is 14.9. The van der Waals surface area contributed by atoms with Gasteiger partial charge < -0.3 is 23.8 Å². The van der Waals surface area contributed by atoms with Gasteiger partial charge in [-0.15, -0.1) is 0 Å². The Kier molecular flexibility index (Phi) is 33.5. The molecule has 0 radical (unpaired) electrons. The standard InChI is InChI=1S/C44H77NO7/c1-6-8-10-12-14-16-18-20-21-22-23-25-27-29-31-33-35-43(47)52-40(38-50-37-36-41(44(48)49)45(3,4)5)39-51-42(46)34-32-30-28-26-24-19-17-15-13-11-9-7-2/h8,10,14-17,20-21,40-41H,6-7,9,11-13,18-19,22-39H2,1-5H3/p+1/b10-8+,16-14+,17-15+,21-20+. The third-order valence-corrected chi connectivity index (χ3v) is 8.96. The van der Waals surface area contributed by atoms with Crippen LogP contribution in [0.4, 0.5) is 0 Å². The molecular formula is C44H78NO7+. The molecule has 8 nitrogen and oxygen atoms in total. The summed E-state index contributed by atoms with van der Waals surface area (Å²) in [6, 6.07) is -0.618. The first-order chi connectivity index (χ1) is 25.1. The van der Waals surface area contributed by atoms with Crippen molar-refractivity contribution in [3.05, 3.63) is 48.6 Å². The van der Waals surface area contributed by atoms with E-state index >= 15 is 0 Å². The van der Waals surface area contributed by atoms with Crippen molar-refractivity contribution in [1.29, 1.82) is 0 Å². The Morgan fingerprint density at radius 2 is 1.08 bits per heavy atom. The lowest BCUT2D eigenvalue weighted by atomic mass is 10.1. The highest BCUT2D eigenvalue weighted by atomic mass is 16.6. The minimum Gasteiger partial charge on any atom is -0.477 e. The van der Waals surface area contributed by atoms with Crippen molar-refractivity contribution in [2.24, 2.45) is 0 Å². The molecule has 0 fully saturated rings. The molecule has 0 saturated heterocycles. The maximum Gasteiger partial charge on any atom is 0.362 e. The van der Waals surface area contributed by atoms with E-state index in [2.05, 4.69) is 62.5 Å². The predicted octanol–water partition coefficient (Wildman–Crippen LogP) is 10.9. The first kappa shape index (κ1) is 49.3. The Hall–Kier alpha value is -2.71. The van der Waals surface area contributed by atoms with Crippen LogP contribution >= 0.6 is 0 Å². The lowest BCUT2D eigenvalue weighted by Gasteiger charge is -2.31. The number of carbonyl (C=O) groups is 3. The van der Waals surface area contributed by atoms with E-state index in [1.165, 1.54) is 44.9 Å². The number of carboxylic acid groups (broad SMARTS) is 1. The van der Waals surface area contributed by atoms with Crippen LogP contribution in [-0.4, -0.2) is 80.6 Å². The number of quaternary nitrogens is 1. The number of likely N-dealkylation sites (N-methyl/N-ethyl adjacent to an activating group) is 1. The van der Waals surface area contributed by atoms with Gasteiger partial charge in [0.1, 0.15) is 6.61 Å². The summed E-state index contributed by atoms with van der Waals surface area (Å²) in [5.74, 6) is -1.50. The van der Waals surface area contributed by atoms with E-state index in [1.54, 1.807) is 0 Å². The number of allylic oxidation sites excluding steroid dienone is 8. The number of aliphatic carboxylic acids is 1. The number of ether oxygens (including phenoxy) is 3. The summed E-state index contributed by atoms with van der Waals surface area (Å²) in [4.78, 5) is 36.9. The SMILES string of the molecule is CC/C=C/C/C=C/C/C=C/CCCCCCCCC(=O)OC(COCCC(C(=O)O)[N+](C)(C)C)COC(=O)CCCCCCC/C=C/CCCCC. The fourth-order valence-electron chi connectivity index (χ4n) is 5.75. The van der Waals surface area contributed by atoms with Crippen LogP contribution in [0.25, 0.3) is 0 Å². The molecule has 0 aliphatic heterocycles. The van der Waals surface area contributed by atoms with Gasteiger partial charge in [-0.3, -0.25) is 9.59 Å². The summed E-state index contributed by atoms with van der Waals surface area (Å²) in [5.41, 5.74) is 0. The minimum absolute atomic E-state index is 0.0522. The van der Waals surface area contributed by atoms with Crippen molar-refractivity contribution in [2.75, 3.05) is 41.0 Å². The van der Waals surface area contributed by atoms with Gasteiger partial charge in [0.05, 0.1) is 34.4 Å². The Bertz CT molecular complexity index is 995. The molecule has 0 rings (SSSR count). The molecule has 0 aliphatic carbocycles. The van der Waals surface area contributed by atoms with Crippen LogP contribution in [0.5, 0.6) is 0 Å². The van der Waals surface area contributed by atoms with Gasteiger partial charge in [0, 0.05) is 19.3 Å². The van der Waals surface area contributed by atoms with E-state index in [0.29, 0.717) is 19.3 Å². The lowest BCUT2D eigenvalue weighted by Crippen LogP contribution is -2.50. The zero-order valence-electron chi connectivity index (χ0n) is 34.0. The maximum absolute atomic E-state index is 12.7. The third kappa shape index (κ3) is 33.1. The second kappa shape index (κ2) is 35.3. The van der Waals surface area contributed by atoms with Crippen molar-refractivity contribution in [1.82, 2.24) is 0 Å². The van der Waals surface area contributed by atoms with Crippen LogP contribution < -0.4 is 0 Å². The molecule has 0 aliphatic rings. The topological polar surface area (TPSA) is 99.1 Å². The number of rotatable bonds is 36. The Labute approximate surface area is 318 Å². The van der Waals surface area contributed by atoms with E-state index in [9.17, 15) is 19.5 Å². The molecule has 0 heterocycles. The van der Waals surface area contributed by atoms with Crippen molar-refractivity contribution in [3.63, 3.8) is 0 Å². The lowest BCUT2D eigenvalue weighted by molar-refractivity contribution is -0.887. The van der Waals surface area contributed by atoms with E-state index in [1.807, 2.05) is 21.1 Å². The Morgan fingerprint density at radius 3 is 1.62 bits per heavy atom. The monoisotopic (exact) mass is 733 g/mol. The van der Waals surface area contributed by atoms with Gasteiger partial charge in [0.25, 0.3) is 0 Å². The summed E-state index contributed by atoms with van der Waals surface area (Å²) in [6.45, 7) is 4.56. The van der Waals surface area contributed by atoms with Crippen LogP contribution in [-0.2, 0) is 28.6 Å². The molecule has 2 atom stereocenters. The number of hydrogen-bond acceptors (Lipinski definition) is 6. The van der Waals surface area contributed by atoms with Crippen LogP contribution in [0, 0.1) is 0 Å². The molecule has 0 aromatic rings. The quantitative estimate of drug-likeness (QED) is 0.0296. The predicted molar refractivity (Wildman–Crippen MR) is 215 cm³/mol. The molecule has 0 amide bonds. The number of esters is 2. The molecular weight excluding hydrogens is 654 g/mol. The van der Waals surface area contributed by atoms with Gasteiger partial charge >= 0.3 is 17.9 Å². The normalized spacial score (nSPS) is 13.5. The van der Waals surface area contributed by atoms with E-state index in [-0.39, 0.29) is 36.2 Å². The highest BCUT2D eigenvalue weighted by Crippen LogP contribution is 2.13. The number of unbranched alkanes of at least 4 members (excludes halogenated alkanes) is 14. The number of hydrogen-bond donors (Lipinski definition) is 1. The van der Waals surface area contributed by atoms with Crippen molar-refractivity contribution in [3.8, 4) is 0 Å². The van der Waals surface area contributed by atoms with Crippen molar-refractivity contribution < 1.29 is 38.2 Å². The average Bonchev–Trinajstić information content (AvgIpc) is 3.09. The van der Waals surface area contributed by atoms with Gasteiger partial charge in [0.15, 0.2) is 12.1 Å². The smallest absolute Gasteiger partial charge is 0.362 e. The van der Waals surface area contributed by atoms with Gasteiger partial charge in [-0.1, -0.05) is 120 Å².